The van der Waals surface area contributed by atoms with Gasteiger partial charge >= 0.3 is 6.01 Å². The standard InChI is InChI=1S/C14H20N4O/c1-17(2)10-7-11-18(3)14-16-15-13(19-14)12-8-5-4-6-9-12/h4-6,8-9H,7,10-11H2,1-3H3. The predicted octanol–water partition coefficient (Wildman–Crippen LogP) is 2.12. The van der Waals surface area contributed by atoms with Crippen LogP contribution in [0.5, 0.6) is 0 Å². The molecule has 5 heteroatoms. The Kier molecular flexibility index (Phi) is 4.52. The molecule has 0 bridgehead atoms. The molecule has 1 aromatic heterocycles. The maximum atomic E-state index is 5.68. The van der Waals surface area contributed by atoms with E-state index < -0.39 is 0 Å². The number of aromatic nitrogens is 2. The van der Waals surface area contributed by atoms with Gasteiger partial charge in [-0.2, -0.15) is 0 Å². The van der Waals surface area contributed by atoms with Crippen LogP contribution in [0.4, 0.5) is 6.01 Å². The molecule has 0 aliphatic heterocycles. The molecule has 0 saturated carbocycles. The summed E-state index contributed by atoms with van der Waals surface area (Å²) in [6, 6.07) is 10.4. The first-order valence-electron chi connectivity index (χ1n) is 6.41. The largest absolute Gasteiger partial charge is 0.403 e. The molecule has 0 atom stereocenters. The van der Waals surface area contributed by atoms with Gasteiger partial charge in [-0.15, -0.1) is 5.10 Å². The maximum absolute atomic E-state index is 5.68. The molecule has 0 spiro atoms. The molecular weight excluding hydrogens is 240 g/mol. The van der Waals surface area contributed by atoms with E-state index in [1.54, 1.807) is 0 Å². The first kappa shape index (κ1) is 13.5. The highest BCUT2D eigenvalue weighted by molar-refractivity contribution is 5.52. The topological polar surface area (TPSA) is 45.4 Å². The number of rotatable bonds is 6. The third-order valence-corrected chi connectivity index (χ3v) is 2.86. The van der Waals surface area contributed by atoms with Gasteiger partial charge in [0.1, 0.15) is 0 Å². The van der Waals surface area contributed by atoms with Crippen molar-refractivity contribution in [3.8, 4) is 11.5 Å². The molecule has 0 N–H and O–H groups in total. The minimum atomic E-state index is 0.565. The second-order valence-electron chi connectivity index (χ2n) is 4.83. The lowest BCUT2D eigenvalue weighted by Gasteiger charge is -2.15. The summed E-state index contributed by atoms with van der Waals surface area (Å²) in [4.78, 5) is 4.15. The molecular formula is C14H20N4O. The van der Waals surface area contributed by atoms with Crippen molar-refractivity contribution in [3.63, 3.8) is 0 Å². The average molecular weight is 260 g/mol. The number of hydrogen-bond acceptors (Lipinski definition) is 5. The van der Waals surface area contributed by atoms with E-state index >= 15 is 0 Å². The molecule has 0 amide bonds. The van der Waals surface area contributed by atoms with Gasteiger partial charge in [-0.1, -0.05) is 23.3 Å². The summed E-state index contributed by atoms with van der Waals surface area (Å²) in [5, 5.41) is 8.17. The van der Waals surface area contributed by atoms with Crippen molar-refractivity contribution in [2.24, 2.45) is 0 Å². The summed E-state index contributed by atoms with van der Waals surface area (Å²) < 4.78 is 5.68. The Hall–Kier alpha value is -1.88. The number of anilines is 1. The van der Waals surface area contributed by atoms with Crippen LogP contribution >= 0.6 is 0 Å². The molecule has 102 valence electrons. The van der Waals surface area contributed by atoms with Gasteiger partial charge in [0.2, 0.25) is 5.89 Å². The van der Waals surface area contributed by atoms with Crippen molar-refractivity contribution < 1.29 is 4.42 Å². The highest BCUT2D eigenvalue weighted by atomic mass is 16.4. The van der Waals surface area contributed by atoms with E-state index in [0.29, 0.717) is 11.9 Å². The molecule has 1 aromatic carbocycles. The maximum Gasteiger partial charge on any atom is 0.318 e. The van der Waals surface area contributed by atoms with Crippen LogP contribution in [0.3, 0.4) is 0 Å². The van der Waals surface area contributed by atoms with Crippen molar-refractivity contribution in [1.29, 1.82) is 0 Å². The van der Waals surface area contributed by atoms with Gasteiger partial charge in [-0.05, 0) is 39.2 Å². The van der Waals surface area contributed by atoms with Gasteiger partial charge in [0.15, 0.2) is 0 Å². The lowest BCUT2D eigenvalue weighted by Crippen LogP contribution is -2.23. The molecule has 5 nitrogen and oxygen atoms in total. The quantitative estimate of drug-likeness (QED) is 0.796. The van der Waals surface area contributed by atoms with E-state index in [1.807, 2.05) is 42.3 Å². The van der Waals surface area contributed by atoms with E-state index in [1.165, 1.54) is 0 Å². The number of hydrogen-bond donors (Lipinski definition) is 0. The van der Waals surface area contributed by atoms with Crippen LogP contribution in [0.15, 0.2) is 34.7 Å². The number of nitrogens with zero attached hydrogens (tertiary/aromatic N) is 4. The van der Waals surface area contributed by atoms with E-state index in [0.717, 1.165) is 25.1 Å². The summed E-state index contributed by atoms with van der Waals surface area (Å²) in [5.41, 5.74) is 0.947. The molecule has 0 unspecified atom stereocenters. The SMILES string of the molecule is CN(C)CCCN(C)c1nnc(-c2ccccc2)o1. The van der Waals surface area contributed by atoms with Gasteiger partial charge in [0.25, 0.3) is 0 Å². The van der Waals surface area contributed by atoms with Gasteiger partial charge in [-0.3, -0.25) is 0 Å². The van der Waals surface area contributed by atoms with Crippen LogP contribution in [0.2, 0.25) is 0 Å². The van der Waals surface area contributed by atoms with Crippen LogP contribution in [-0.4, -0.2) is 49.3 Å². The predicted molar refractivity (Wildman–Crippen MR) is 76.2 cm³/mol. The smallest absolute Gasteiger partial charge is 0.318 e. The Labute approximate surface area is 113 Å². The Balaban J connectivity index is 1.97. The van der Waals surface area contributed by atoms with Crippen LogP contribution in [0.25, 0.3) is 11.5 Å². The summed E-state index contributed by atoms with van der Waals surface area (Å²) >= 11 is 0. The first-order chi connectivity index (χ1) is 9.16. The minimum absolute atomic E-state index is 0.565. The van der Waals surface area contributed by atoms with Crippen molar-refractivity contribution in [3.05, 3.63) is 30.3 Å². The van der Waals surface area contributed by atoms with Crippen LogP contribution in [-0.2, 0) is 0 Å². The zero-order valence-electron chi connectivity index (χ0n) is 11.7. The van der Waals surface area contributed by atoms with Crippen LogP contribution in [0.1, 0.15) is 6.42 Å². The average Bonchev–Trinajstić information content (AvgIpc) is 2.89. The lowest BCUT2D eigenvalue weighted by molar-refractivity contribution is 0.399. The molecule has 2 aromatic rings. The minimum Gasteiger partial charge on any atom is -0.403 e. The lowest BCUT2D eigenvalue weighted by atomic mass is 10.2. The summed E-state index contributed by atoms with van der Waals surface area (Å²) in [6.45, 7) is 1.94. The molecule has 19 heavy (non-hydrogen) atoms. The van der Waals surface area contributed by atoms with Crippen molar-refractivity contribution in [2.75, 3.05) is 39.1 Å². The normalized spacial score (nSPS) is 10.9. The van der Waals surface area contributed by atoms with Crippen LogP contribution < -0.4 is 4.90 Å². The Morgan fingerprint density at radius 2 is 1.74 bits per heavy atom. The molecule has 0 fully saturated rings. The molecule has 0 aliphatic carbocycles. The number of benzene rings is 1. The molecule has 0 aliphatic rings. The fourth-order valence-corrected chi connectivity index (χ4v) is 1.79. The van der Waals surface area contributed by atoms with E-state index in [9.17, 15) is 0 Å². The summed E-state index contributed by atoms with van der Waals surface area (Å²) in [6.07, 6.45) is 1.06. The van der Waals surface area contributed by atoms with Crippen molar-refractivity contribution in [2.45, 2.75) is 6.42 Å². The summed E-state index contributed by atoms with van der Waals surface area (Å²) in [5.74, 6) is 0.565. The molecule has 0 radical (unpaired) electrons. The second kappa shape index (κ2) is 6.33. The van der Waals surface area contributed by atoms with Crippen molar-refractivity contribution >= 4 is 6.01 Å². The third-order valence-electron chi connectivity index (χ3n) is 2.86. The zero-order valence-corrected chi connectivity index (χ0v) is 11.7. The Morgan fingerprint density at radius 3 is 2.42 bits per heavy atom. The van der Waals surface area contributed by atoms with E-state index in [4.69, 9.17) is 4.42 Å². The van der Waals surface area contributed by atoms with E-state index in [-0.39, 0.29) is 0 Å². The van der Waals surface area contributed by atoms with E-state index in [2.05, 4.69) is 29.2 Å². The third kappa shape index (κ3) is 3.79. The second-order valence-corrected chi connectivity index (χ2v) is 4.83. The monoisotopic (exact) mass is 260 g/mol. The zero-order chi connectivity index (χ0) is 13.7. The molecule has 1 heterocycles. The molecule has 2 rings (SSSR count). The van der Waals surface area contributed by atoms with Gasteiger partial charge in [0.05, 0.1) is 0 Å². The van der Waals surface area contributed by atoms with Gasteiger partial charge < -0.3 is 14.2 Å². The Bertz CT molecular complexity index is 495. The first-order valence-corrected chi connectivity index (χ1v) is 6.41. The summed E-state index contributed by atoms with van der Waals surface area (Å²) in [7, 11) is 6.11. The highest BCUT2D eigenvalue weighted by Crippen LogP contribution is 2.20. The van der Waals surface area contributed by atoms with Gasteiger partial charge in [0, 0.05) is 19.2 Å². The van der Waals surface area contributed by atoms with Crippen LogP contribution in [0, 0.1) is 0 Å². The Morgan fingerprint density at radius 1 is 1.00 bits per heavy atom. The fraction of sp³-hybridized carbons (Fsp3) is 0.429. The van der Waals surface area contributed by atoms with Crippen molar-refractivity contribution in [1.82, 2.24) is 15.1 Å². The van der Waals surface area contributed by atoms with Gasteiger partial charge in [-0.25, -0.2) is 0 Å². The molecule has 0 saturated heterocycles. The highest BCUT2D eigenvalue weighted by Gasteiger charge is 2.11. The fourth-order valence-electron chi connectivity index (χ4n) is 1.79.